The van der Waals surface area contributed by atoms with Crippen molar-refractivity contribution in [2.45, 2.75) is 61.6 Å². The molecule has 1 saturated heterocycles. The van der Waals surface area contributed by atoms with Gasteiger partial charge >= 0.3 is 0 Å². The number of nitrogens with one attached hydrogen (secondary N) is 1. The number of hydrogen-bond donors (Lipinski definition) is 1. The van der Waals surface area contributed by atoms with E-state index in [0.717, 1.165) is 37.5 Å². The lowest BCUT2D eigenvalue weighted by atomic mass is 9.79. The summed E-state index contributed by atoms with van der Waals surface area (Å²) in [6.45, 7) is 0.821. The van der Waals surface area contributed by atoms with Gasteiger partial charge in [-0.2, -0.15) is 4.31 Å². The molecule has 144 valence electrons. The predicted octanol–water partition coefficient (Wildman–Crippen LogP) is 3.23. The number of hydrogen-bond acceptors (Lipinski definition) is 4. The molecule has 0 bridgehead atoms. The van der Waals surface area contributed by atoms with Gasteiger partial charge in [-0.25, -0.2) is 8.42 Å². The fourth-order valence-electron chi connectivity index (χ4n) is 5.06. The fraction of sp³-hybridized carbons (Fsp3) is 0.737. The van der Waals surface area contributed by atoms with Crippen LogP contribution in [-0.4, -0.2) is 37.8 Å². The number of thiophene rings is 1. The summed E-state index contributed by atoms with van der Waals surface area (Å²) in [4.78, 5) is 12.8. The van der Waals surface area contributed by atoms with Gasteiger partial charge in [-0.15, -0.1) is 11.3 Å². The molecule has 3 fully saturated rings. The Hall–Kier alpha value is -0.920. The van der Waals surface area contributed by atoms with Gasteiger partial charge in [0.25, 0.3) is 10.0 Å². The first-order valence-corrected chi connectivity index (χ1v) is 12.2. The van der Waals surface area contributed by atoms with Crippen molar-refractivity contribution in [2.75, 3.05) is 13.1 Å². The van der Waals surface area contributed by atoms with Crippen LogP contribution in [0.3, 0.4) is 0 Å². The molecule has 1 aromatic heterocycles. The van der Waals surface area contributed by atoms with Crippen LogP contribution in [0, 0.1) is 17.8 Å². The number of amides is 1. The van der Waals surface area contributed by atoms with Crippen LogP contribution < -0.4 is 5.32 Å². The van der Waals surface area contributed by atoms with Crippen molar-refractivity contribution >= 4 is 27.3 Å². The van der Waals surface area contributed by atoms with Crippen LogP contribution in [0.4, 0.5) is 0 Å². The molecule has 0 radical (unpaired) electrons. The molecule has 0 spiro atoms. The van der Waals surface area contributed by atoms with Gasteiger partial charge in [0, 0.05) is 19.1 Å². The van der Waals surface area contributed by atoms with Crippen LogP contribution in [0.5, 0.6) is 0 Å². The molecule has 2 aliphatic carbocycles. The molecule has 5 nitrogen and oxygen atoms in total. The van der Waals surface area contributed by atoms with E-state index in [0.29, 0.717) is 17.3 Å². The van der Waals surface area contributed by atoms with Crippen LogP contribution in [0.1, 0.15) is 51.4 Å². The molecule has 4 atom stereocenters. The molecule has 4 rings (SSSR count). The van der Waals surface area contributed by atoms with Crippen LogP contribution in [0.25, 0.3) is 0 Å². The maximum Gasteiger partial charge on any atom is 0.252 e. The Morgan fingerprint density at radius 3 is 2.77 bits per heavy atom. The smallest absolute Gasteiger partial charge is 0.252 e. The van der Waals surface area contributed by atoms with Crippen molar-refractivity contribution in [3.8, 4) is 0 Å². The molecule has 2 heterocycles. The Morgan fingerprint density at radius 1 is 1.12 bits per heavy atom. The molecule has 26 heavy (non-hydrogen) atoms. The van der Waals surface area contributed by atoms with E-state index in [1.165, 1.54) is 41.3 Å². The zero-order valence-electron chi connectivity index (χ0n) is 15.1. The Labute approximate surface area is 160 Å². The Morgan fingerprint density at radius 2 is 1.96 bits per heavy atom. The highest BCUT2D eigenvalue weighted by molar-refractivity contribution is 7.91. The quantitative estimate of drug-likeness (QED) is 0.850. The largest absolute Gasteiger partial charge is 0.353 e. The van der Waals surface area contributed by atoms with Gasteiger partial charge in [0.15, 0.2) is 0 Å². The molecular formula is C19H28N2O3S2. The van der Waals surface area contributed by atoms with E-state index in [1.807, 2.05) is 0 Å². The van der Waals surface area contributed by atoms with Crippen molar-refractivity contribution in [3.05, 3.63) is 17.5 Å². The fourth-order valence-corrected chi connectivity index (χ4v) is 7.73. The van der Waals surface area contributed by atoms with E-state index in [-0.39, 0.29) is 17.9 Å². The lowest BCUT2D eigenvalue weighted by Gasteiger charge is -2.35. The molecule has 1 aliphatic heterocycles. The van der Waals surface area contributed by atoms with Gasteiger partial charge in [0.2, 0.25) is 5.91 Å². The summed E-state index contributed by atoms with van der Waals surface area (Å²) >= 11 is 1.24. The van der Waals surface area contributed by atoms with Crippen molar-refractivity contribution < 1.29 is 13.2 Å². The molecule has 2 saturated carbocycles. The van der Waals surface area contributed by atoms with Crippen molar-refractivity contribution in [2.24, 2.45) is 17.8 Å². The number of nitrogens with zero attached hydrogens (tertiary/aromatic N) is 1. The summed E-state index contributed by atoms with van der Waals surface area (Å²) in [5.41, 5.74) is 0. The zero-order chi connectivity index (χ0) is 18.1. The van der Waals surface area contributed by atoms with Crippen LogP contribution in [0.15, 0.2) is 21.7 Å². The normalized spacial score (nSPS) is 32.9. The first-order valence-electron chi connectivity index (χ1n) is 9.88. The number of rotatable bonds is 4. The number of sulfonamides is 1. The molecule has 3 aliphatic rings. The minimum absolute atomic E-state index is 0.0533. The second kappa shape index (κ2) is 7.60. The van der Waals surface area contributed by atoms with Crippen LogP contribution >= 0.6 is 11.3 Å². The third-order valence-corrected chi connectivity index (χ3v) is 9.72. The monoisotopic (exact) mass is 396 g/mol. The highest BCUT2D eigenvalue weighted by Crippen LogP contribution is 2.42. The van der Waals surface area contributed by atoms with E-state index in [1.54, 1.807) is 17.5 Å². The minimum Gasteiger partial charge on any atom is -0.353 e. The Balaban J connectivity index is 1.36. The maximum atomic E-state index is 12.8. The van der Waals surface area contributed by atoms with Crippen molar-refractivity contribution in [1.29, 1.82) is 0 Å². The number of piperidine rings is 1. The Kier molecular flexibility index (Phi) is 5.39. The SMILES string of the molecule is O=C(N[C@@H]1CC[C@@H]2CCC[C@H]2C1)[C@H]1CCCN(S(=O)(=O)c2cccs2)C1. The number of carbonyl (C=O) groups excluding carboxylic acids is 1. The summed E-state index contributed by atoms with van der Waals surface area (Å²) < 4.78 is 27.3. The summed E-state index contributed by atoms with van der Waals surface area (Å²) in [7, 11) is -3.46. The van der Waals surface area contributed by atoms with E-state index >= 15 is 0 Å². The van der Waals surface area contributed by atoms with Gasteiger partial charge < -0.3 is 5.32 Å². The van der Waals surface area contributed by atoms with Crippen LogP contribution in [-0.2, 0) is 14.8 Å². The lowest BCUT2D eigenvalue weighted by Crippen LogP contribution is -2.48. The van der Waals surface area contributed by atoms with Crippen molar-refractivity contribution in [3.63, 3.8) is 0 Å². The molecule has 7 heteroatoms. The summed E-state index contributed by atoms with van der Waals surface area (Å²) in [5.74, 6) is 1.50. The minimum atomic E-state index is -3.46. The highest BCUT2D eigenvalue weighted by Gasteiger charge is 2.37. The van der Waals surface area contributed by atoms with Gasteiger partial charge in [0.1, 0.15) is 4.21 Å². The second-order valence-electron chi connectivity index (χ2n) is 8.10. The van der Waals surface area contributed by atoms with Gasteiger partial charge in [-0.05, 0) is 55.4 Å². The van der Waals surface area contributed by atoms with E-state index in [4.69, 9.17) is 0 Å². The molecule has 1 N–H and O–H groups in total. The van der Waals surface area contributed by atoms with E-state index in [2.05, 4.69) is 5.32 Å². The third kappa shape index (κ3) is 3.71. The maximum absolute atomic E-state index is 12.8. The number of carbonyl (C=O) groups is 1. The van der Waals surface area contributed by atoms with Gasteiger partial charge in [0.05, 0.1) is 5.92 Å². The summed E-state index contributed by atoms with van der Waals surface area (Å²) in [5, 5.41) is 5.03. The average molecular weight is 397 g/mol. The topological polar surface area (TPSA) is 66.5 Å². The lowest BCUT2D eigenvalue weighted by molar-refractivity contribution is -0.127. The van der Waals surface area contributed by atoms with Crippen LogP contribution in [0.2, 0.25) is 0 Å². The third-order valence-electron chi connectivity index (χ3n) is 6.48. The summed E-state index contributed by atoms with van der Waals surface area (Å²) in [6.07, 6.45) is 8.97. The molecular weight excluding hydrogens is 368 g/mol. The molecule has 0 aromatic carbocycles. The Bertz CT molecular complexity index is 732. The second-order valence-corrected chi connectivity index (χ2v) is 11.2. The van der Waals surface area contributed by atoms with Gasteiger partial charge in [-0.1, -0.05) is 25.3 Å². The van der Waals surface area contributed by atoms with Gasteiger partial charge in [-0.3, -0.25) is 4.79 Å². The van der Waals surface area contributed by atoms with E-state index in [9.17, 15) is 13.2 Å². The number of fused-ring (bicyclic) bond motifs is 1. The molecule has 1 aromatic rings. The highest BCUT2D eigenvalue weighted by atomic mass is 32.2. The molecule has 1 amide bonds. The van der Waals surface area contributed by atoms with Crippen molar-refractivity contribution in [1.82, 2.24) is 9.62 Å². The summed E-state index contributed by atoms with van der Waals surface area (Å²) in [6, 6.07) is 3.68. The molecule has 0 unspecified atom stereocenters. The predicted molar refractivity (Wildman–Crippen MR) is 102 cm³/mol. The average Bonchev–Trinajstić information content (AvgIpc) is 3.33. The first-order chi connectivity index (χ1) is 12.5. The zero-order valence-corrected chi connectivity index (χ0v) is 16.7. The standard InChI is InChI=1S/C19H28N2O3S2/c22-19(20-17-9-8-14-4-1-5-15(14)12-17)16-6-2-10-21(13-16)26(23,24)18-7-3-11-25-18/h3,7,11,14-17H,1-2,4-6,8-10,12-13H2,(H,20,22)/t14-,15-,16-,17+/m0/s1. The first kappa shape index (κ1) is 18.4. The van der Waals surface area contributed by atoms with E-state index < -0.39 is 10.0 Å².